The van der Waals surface area contributed by atoms with Gasteiger partial charge in [0.15, 0.2) is 16.7 Å². The van der Waals surface area contributed by atoms with Crippen LogP contribution < -0.4 is 4.74 Å². The van der Waals surface area contributed by atoms with Crippen molar-refractivity contribution in [3.63, 3.8) is 0 Å². The maximum atomic E-state index is 14.7. The minimum Gasteiger partial charge on any atom is -0.484 e. The molecule has 134 valence electrons. The third-order valence-corrected chi connectivity index (χ3v) is 6.01. The Balaban J connectivity index is 1.58. The number of thiophene rings is 1. The largest absolute Gasteiger partial charge is 0.484 e. The van der Waals surface area contributed by atoms with Crippen LogP contribution in [-0.4, -0.2) is 6.61 Å². The molecule has 1 aromatic heterocycles. The van der Waals surface area contributed by atoms with Crippen LogP contribution in [0.3, 0.4) is 0 Å². The van der Waals surface area contributed by atoms with Crippen molar-refractivity contribution in [2.45, 2.75) is 26.2 Å². The highest BCUT2D eigenvalue weighted by atomic mass is 32.1. The summed E-state index contributed by atoms with van der Waals surface area (Å²) in [6.45, 7) is 2.67. The van der Waals surface area contributed by atoms with E-state index in [1.54, 1.807) is 18.2 Å². The molecule has 4 rings (SSSR count). The first-order valence-corrected chi connectivity index (χ1v) is 9.71. The van der Waals surface area contributed by atoms with Crippen molar-refractivity contribution in [1.29, 1.82) is 0 Å². The van der Waals surface area contributed by atoms with E-state index in [1.165, 1.54) is 30.6 Å². The molecule has 0 atom stereocenters. The van der Waals surface area contributed by atoms with Crippen molar-refractivity contribution in [1.82, 2.24) is 0 Å². The molecule has 1 saturated carbocycles. The number of aryl methyl sites for hydroxylation is 1. The molecule has 0 unspecified atom stereocenters. The van der Waals surface area contributed by atoms with E-state index in [0.29, 0.717) is 23.0 Å². The van der Waals surface area contributed by atoms with E-state index >= 15 is 0 Å². The predicted molar refractivity (Wildman–Crippen MR) is 103 cm³/mol. The Morgan fingerprint density at radius 2 is 1.62 bits per heavy atom. The normalized spacial score (nSPS) is 14.3. The van der Waals surface area contributed by atoms with E-state index in [9.17, 15) is 8.78 Å². The fraction of sp³-hybridized carbons (Fsp3) is 0.273. The van der Waals surface area contributed by atoms with Gasteiger partial charge in [0.25, 0.3) is 0 Å². The van der Waals surface area contributed by atoms with Gasteiger partial charge in [0.2, 0.25) is 0 Å². The van der Waals surface area contributed by atoms with Gasteiger partial charge in [-0.15, -0.1) is 0 Å². The van der Waals surface area contributed by atoms with E-state index in [-0.39, 0.29) is 11.1 Å². The second-order valence-electron chi connectivity index (χ2n) is 6.88. The maximum Gasteiger partial charge on any atom is 0.174 e. The zero-order valence-electron chi connectivity index (χ0n) is 14.6. The summed E-state index contributed by atoms with van der Waals surface area (Å²) in [5.41, 5.74) is 2.32. The van der Waals surface area contributed by atoms with Crippen LogP contribution in [0.15, 0.2) is 48.5 Å². The smallest absolute Gasteiger partial charge is 0.174 e. The average Bonchev–Trinajstić information content (AvgIpc) is 3.05. The molecule has 0 spiro atoms. The molecule has 3 aromatic rings. The Labute approximate surface area is 156 Å². The summed E-state index contributed by atoms with van der Waals surface area (Å²) >= 11 is 1.36. The van der Waals surface area contributed by atoms with Gasteiger partial charge in [0, 0.05) is 16.0 Å². The molecule has 1 aliphatic rings. The molecule has 0 amide bonds. The summed E-state index contributed by atoms with van der Waals surface area (Å²) in [7, 11) is 0. The highest BCUT2D eigenvalue weighted by molar-refractivity contribution is 7.17. The van der Waals surface area contributed by atoms with Gasteiger partial charge in [-0.2, -0.15) is 0 Å². The van der Waals surface area contributed by atoms with Gasteiger partial charge in [-0.25, -0.2) is 8.78 Å². The molecule has 2 aromatic carbocycles. The lowest BCUT2D eigenvalue weighted by atomic mass is 9.86. The van der Waals surface area contributed by atoms with Crippen LogP contribution >= 0.6 is 11.3 Å². The van der Waals surface area contributed by atoms with Crippen molar-refractivity contribution in [3.8, 4) is 26.6 Å². The summed E-state index contributed by atoms with van der Waals surface area (Å²) in [5.74, 6) is -0.976. The van der Waals surface area contributed by atoms with Crippen molar-refractivity contribution in [2.24, 2.45) is 5.92 Å². The first-order chi connectivity index (χ1) is 12.6. The summed E-state index contributed by atoms with van der Waals surface area (Å²) in [6, 6.07) is 14.3. The van der Waals surface area contributed by atoms with Gasteiger partial charge in [0.05, 0.1) is 6.61 Å². The van der Waals surface area contributed by atoms with Crippen LogP contribution in [0.5, 0.6) is 5.06 Å². The molecule has 0 aliphatic heterocycles. The fourth-order valence-corrected chi connectivity index (χ4v) is 3.98. The topological polar surface area (TPSA) is 9.23 Å². The van der Waals surface area contributed by atoms with Crippen molar-refractivity contribution < 1.29 is 13.5 Å². The minimum atomic E-state index is -0.810. The first-order valence-electron chi connectivity index (χ1n) is 8.90. The molecule has 1 heterocycles. The lowest BCUT2D eigenvalue weighted by Crippen LogP contribution is -2.18. The molecule has 0 bridgehead atoms. The summed E-state index contributed by atoms with van der Waals surface area (Å²) in [6.07, 6.45) is 3.72. The Morgan fingerprint density at radius 1 is 0.923 bits per heavy atom. The Bertz CT molecular complexity index is 910. The second kappa shape index (κ2) is 7.20. The monoisotopic (exact) mass is 370 g/mol. The number of benzene rings is 2. The van der Waals surface area contributed by atoms with Crippen molar-refractivity contribution >= 4 is 11.3 Å². The van der Waals surface area contributed by atoms with E-state index in [4.69, 9.17) is 4.74 Å². The van der Waals surface area contributed by atoms with Gasteiger partial charge < -0.3 is 4.74 Å². The van der Waals surface area contributed by atoms with E-state index in [0.717, 1.165) is 10.6 Å². The summed E-state index contributed by atoms with van der Waals surface area (Å²) < 4.78 is 35.1. The Morgan fingerprint density at radius 3 is 2.31 bits per heavy atom. The predicted octanol–water partition coefficient (Wildman–Crippen LogP) is 6.85. The Kier molecular flexibility index (Phi) is 4.77. The van der Waals surface area contributed by atoms with Crippen LogP contribution in [0.2, 0.25) is 0 Å². The van der Waals surface area contributed by atoms with Crippen LogP contribution in [0.4, 0.5) is 8.78 Å². The van der Waals surface area contributed by atoms with E-state index in [2.05, 4.69) is 0 Å². The molecule has 1 aliphatic carbocycles. The zero-order valence-corrected chi connectivity index (χ0v) is 15.4. The van der Waals surface area contributed by atoms with Crippen LogP contribution in [0, 0.1) is 24.5 Å². The number of ether oxygens (including phenoxy) is 1. The van der Waals surface area contributed by atoms with Crippen LogP contribution in [0.1, 0.15) is 24.8 Å². The fourth-order valence-electron chi connectivity index (χ4n) is 3.10. The molecule has 0 N–H and O–H groups in total. The first kappa shape index (κ1) is 17.2. The highest BCUT2D eigenvalue weighted by Crippen LogP contribution is 2.38. The maximum absolute atomic E-state index is 14.7. The van der Waals surface area contributed by atoms with E-state index in [1.807, 2.05) is 37.3 Å². The van der Waals surface area contributed by atoms with Crippen molar-refractivity contribution in [2.75, 3.05) is 6.61 Å². The molecule has 1 nitrogen and oxygen atoms in total. The summed E-state index contributed by atoms with van der Waals surface area (Å²) in [4.78, 5) is 0.681. The molecule has 0 saturated heterocycles. The molecule has 1 fully saturated rings. The van der Waals surface area contributed by atoms with Gasteiger partial charge in [0.1, 0.15) is 0 Å². The van der Waals surface area contributed by atoms with E-state index < -0.39 is 11.6 Å². The zero-order chi connectivity index (χ0) is 18.1. The van der Waals surface area contributed by atoms with Gasteiger partial charge in [-0.05, 0) is 49.4 Å². The minimum absolute atomic E-state index is 0.279. The second-order valence-corrected chi connectivity index (χ2v) is 7.93. The number of rotatable bonds is 5. The number of halogens is 2. The Hall–Kier alpha value is -2.20. The average molecular weight is 370 g/mol. The molecule has 4 heteroatoms. The van der Waals surface area contributed by atoms with Crippen LogP contribution in [0.25, 0.3) is 21.6 Å². The quantitative estimate of drug-likeness (QED) is 0.477. The molecular formula is C22H20F2OS. The lowest BCUT2D eigenvalue weighted by molar-refractivity contribution is 0.184. The van der Waals surface area contributed by atoms with Gasteiger partial charge >= 0.3 is 0 Å². The summed E-state index contributed by atoms with van der Waals surface area (Å²) in [5, 5.41) is 0.759. The number of hydrogen-bond donors (Lipinski definition) is 0. The standard InChI is InChI=1S/C22H20F2OS/c1-14-5-7-16(8-6-14)17-9-10-18(22(24)21(17)23)19-11-12-20(26-19)25-13-15-3-2-4-15/h5-12,15H,2-4,13H2,1H3. The third kappa shape index (κ3) is 3.38. The third-order valence-electron chi connectivity index (χ3n) is 4.98. The SMILES string of the molecule is Cc1ccc(-c2ccc(-c3ccc(OCC4CCC4)s3)c(F)c2F)cc1. The molecule has 26 heavy (non-hydrogen) atoms. The molecular weight excluding hydrogens is 350 g/mol. The number of hydrogen-bond acceptors (Lipinski definition) is 2. The highest BCUT2D eigenvalue weighted by Gasteiger charge is 2.20. The van der Waals surface area contributed by atoms with Gasteiger partial charge in [-0.3, -0.25) is 0 Å². The molecule has 0 radical (unpaired) electrons. The van der Waals surface area contributed by atoms with Crippen molar-refractivity contribution in [3.05, 3.63) is 65.7 Å². The van der Waals surface area contributed by atoms with Crippen LogP contribution in [-0.2, 0) is 0 Å². The lowest BCUT2D eigenvalue weighted by Gasteiger charge is -2.24. The van der Waals surface area contributed by atoms with Gasteiger partial charge in [-0.1, -0.05) is 53.7 Å².